The molecule has 1 rings (SSSR count). The molecule has 2 N–H and O–H groups in total. The van der Waals surface area contributed by atoms with Crippen molar-refractivity contribution < 1.29 is 9.53 Å². The first kappa shape index (κ1) is 12.6. The van der Waals surface area contributed by atoms with E-state index in [4.69, 9.17) is 10.5 Å². The summed E-state index contributed by atoms with van der Waals surface area (Å²) in [6.07, 6.45) is 5.46. The van der Waals surface area contributed by atoms with Crippen LogP contribution in [-0.2, 0) is 0 Å². The molecule has 0 radical (unpaired) electrons. The van der Waals surface area contributed by atoms with E-state index in [9.17, 15) is 4.79 Å². The Kier molecular flexibility index (Phi) is 5.40. The van der Waals surface area contributed by atoms with Crippen LogP contribution < -0.4 is 10.5 Å². The summed E-state index contributed by atoms with van der Waals surface area (Å²) in [5, 5.41) is 0. The molecule has 3 nitrogen and oxygen atoms in total. The van der Waals surface area contributed by atoms with E-state index >= 15 is 0 Å². The summed E-state index contributed by atoms with van der Waals surface area (Å²) in [4.78, 5) is 10.5. The lowest BCUT2D eigenvalue weighted by atomic mass is 10.2. The Balaban J connectivity index is 2.39. The number of nitrogen functional groups attached to an aromatic ring is 1. The molecular formula is C13H19NO2. The monoisotopic (exact) mass is 221 g/mol. The van der Waals surface area contributed by atoms with Gasteiger partial charge in [-0.3, -0.25) is 4.79 Å². The predicted molar refractivity (Wildman–Crippen MR) is 65.9 cm³/mol. The Labute approximate surface area is 96.6 Å². The maximum Gasteiger partial charge on any atom is 0.150 e. The van der Waals surface area contributed by atoms with Crippen molar-refractivity contribution in [2.24, 2.45) is 0 Å². The molecule has 88 valence electrons. The van der Waals surface area contributed by atoms with E-state index in [1.807, 2.05) is 0 Å². The van der Waals surface area contributed by atoms with Crippen molar-refractivity contribution in [1.82, 2.24) is 0 Å². The molecule has 0 aliphatic rings. The first-order valence-electron chi connectivity index (χ1n) is 5.75. The highest BCUT2D eigenvalue weighted by Gasteiger charge is 2.01. The highest BCUT2D eigenvalue weighted by Crippen LogP contribution is 2.22. The number of hydrogen-bond donors (Lipinski definition) is 1. The molecule has 0 aliphatic heterocycles. The zero-order chi connectivity index (χ0) is 11.8. The first-order chi connectivity index (χ1) is 7.77. The Morgan fingerprint density at radius 1 is 1.31 bits per heavy atom. The van der Waals surface area contributed by atoms with Gasteiger partial charge in [-0.1, -0.05) is 26.2 Å². The van der Waals surface area contributed by atoms with Gasteiger partial charge in [-0.25, -0.2) is 0 Å². The average Bonchev–Trinajstić information content (AvgIpc) is 2.30. The van der Waals surface area contributed by atoms with Crippen molar-refractivity contribution >= 4 is 12.0 Å². The van der Waals surface area contributed by atoms with E-state index in [0.29, 0.717) is 23.6 Å². The van der Waals surface area contributed by atoms with Crippen molar-refractivity contribution in [1.29, 1.82) is 0 Å². The van der Waals surface area contributed by atoms with Gasteiger partial charge >= 0.3 is 0 Å². The Morgan fingerprint density at radius 2 is 2.12 bits per heavy atom. The largest absolute Gasteiger partial charge is 0.491 e. The maximum absolute atomic E-state index is 10.5. The zero-order valence-corrected chi connectivity index (χ0v) is 9.74. The molecule has 0 atom stereocenters. The van der Waals surface area contributed by atoms with Gasteiger partial charge in [0.25, 0.3) is 0 Å². The van der Waals surface area contributed by atoms with E-state index in [0.717, 1.165) is 12.7 Å². The minimum atomic E-state index is 0.528. The first-order valence-corrected chi connectivity index (χ1v) is 5.75. The van der Waals surface area contributed by atoms with Gasteiger partial charge in [0.05, 0.1) is 12.3 Å². The van der Waals surface area contributed by atoms with Crippen LogP contribution in [0.4, 0.5) is 5.69 Å². The number of benzene rings is 1. The standard InChI is InChI=1S/C13H19NO2/c1-2-3-4-5-8-16-13-7-6-11(10-15)9-12(13)14/h6-7,9-10H,2-5,8,14H2,1H3. The highest BCUT2D eigenvalue weighted by molar-refractivity contribution is 5.78. The lowest BCUT2D eigenvalue weighted by Gasteiger charge is -2.08. The van der Waals surface area contributed by atoms with Crippen LogP contribution >= 0.6 is 0 Å². The summed E-state index contributed by atoms with van der Waals surface area (Å²) < 4.78 is 5.54. The van der Waals surface area contributed by atoms with Crippen LogP contribution in [0.25, 0.3) is 0 Å². The normalized spacial score (nSPS) is 10.1. The fraction of sp³-hybridized carbons (Fsp3) is 0.462. The molecule has 1 aromatic carbocycles. The summed E-state index contributed by atoms with van der Waals surface area (Å²) in [5.41, 5.74) is 6.86. The predicted octanol–water partition coefficient (Wildman–Crippen LogP) is 3.04. The third-order valence-electron chi connectivity index (χ3n) is 2.43. The average molecular weight is 221 g/mol. The fourth-order valence-corrected chi connectivity index (χ4v) is 1.48. The number of anilines is 1. The van der Waals surface area contributed by atoms with Gasteiger partial charge in [0.1, 0.15) is 12.0 Å². The van der Waals surface area contributed by atoms with Crippen molar-refractivity contribution in [3.8, 4) is 5.75 Å². The van der Waals surface area contributed by atoms with E-state index < -0.39 is 0 Å². The molecule has 0 unspecified atom stereocenters. The van der Waals surface area contributed by atoms with Gasteiger partial charge < -0.3 is 10.5 Å². The highest BCUT2D eigenvalue weighted by atomic mass is 16.5. The number of carbonyl (C=O) groups is 1. The Hall–Kier alpha value is -1.51. The summed E-state index contributed by atoms with van der Waals surface area (Å²) in [5.74, 6) is 0.669. The van der Waals surface area contributed by atoms with E-state index in [2.05, 4.69) is 6.92 Å². The molecule has 0 amide bonds. The van der Waals surface area contributed by atoms with E-state index in [-0.39, 0.29) is 0 Å². The van der Waals surface area contributed by atoms with Crippen LogP contribution in [0.2, 0.25) is 0 Å². The van der Waals surface area contributed by atoms with Crippen molar-refractivity contribution in [3.05, 3.63) is 23.8 Å². The van der Waals surface area contributed by atoms with Gasteiger partial charge in [0.15, 0.2) is 0 Å². The van der Waals surface area contributed by atoms with Crippen LogP contribution in [0, 0.1) is 0 Å². The number of carbonyl (C=O) groups excluding carboxylic acids is 1. The number of unbranched alkanes of at least 4 members (excludes halogenated alkanes) is 3. The lowest BCUT2D eigenvalue weighted by Crippen LogP contribution is -2.00. The van der Waals surface area contributed by atoms with Crippen molar-refractivity contribution in [2.45, 2.75) is 32.6 Å². The number of ether oxygens (including phenoxy) is 1. The molecule has 0 bridgehead atoms. The minimum Gasteiger partial charge on any atom is -0.491 e. The van der Waals surface area contributed by atoms with Crippen molar-refractivity contribution in [3.63, 3.8) is 0 Å². The van der Waals surface area contributed by atoms with Gasteiger partial charge in [-0.15, -0.1) is 0 Å². The van der Waals surface area contributed by atoms with Gasteiger partial charge in [-0.05, 0) is 24.6 Å². The third kappa shape index (κ3) is 3.93. The van der Waals surface area contributed by atoms with Crippen LogP contribution in [-0.4, -0.2) is 12.9 Å². The molecule has 16 heavy (non-hydrogen) atoms. The summed E-state index contributed by atoms with van der Waals surface area (Å²) in [6, 6.07) is 5.10. The molecule has 3 heteroatoms. The summed E-state index contributed by atoms with van der Waals surface area (Å²) in [6.45, 7) is 2.86. The molecule has 1 aromatic rings. The molecule has 0 aromatic heterocycles. The topological polar surface area (TPSA) is 52.3 Å². The summed E-state index contributed by atoms with van der Waals surface area (Å²) >= 11 is 0. The van der Waals surface area contributed by atoms with E-state index in [1.54, 1.807) is 18.2 Å². The van der Waals surface area contributed by atoms with Gasteiger partial charge in [0.2, 0.25) is 0 Å². The SMILES string of the molecule is CCCCCCOc1ccc(C=O)cc1N. The summed E-state index contributed by atoms with van der Waals surface area (Å²) in [7, 11) is 0. The van der Waals surface area contributed by atoms with Crippen LogP contribution in [0.15, 0.2) is 18.2 Å². The fourth-order valence-electron chi connectivity index (χ4n) is 1.48. The Bertz CT molecular complexity index is 337. The maximum atomic E-state index is 10.5. The minimum absolute atomic E-state index is 0.528. The molecular weight excluding hydrogens is 202 g/mol. The van der Waals surface area contributed by atoms with Gasteiger partial charge in [-0.2, -0.15) is 0 Å². The van der Waals surface area contributed by atoms with Crippen LogP contribution in [0.5, 0.6) is 5.75 Å². The van der Waals surface area contributed by atoms with Crippen LogP contribution in [0.1, 0.15) is 43.0 Å². The third-order valence-corrected chi connectivity index (χ3v) is 2.43. The second-order valence-electron chi connectivity index (χ2n) is 3.82. The molecule has 0 heterocycles. The van der Waals surface area contributed by atoms with Gasteiger partial charge in [0, 0.05) is 5.56 Å². The molecule has 0 saturated carbocycles. The quantitative estimate of drug-likeness (QED) is 0.437. The molecule has 0 saturated heterocycles. The van der Waals surface area contributed by atoms with E-state index in [1.165, 1.54) is 19.3 Å². The number of nitrogens with two attached hydrogens (primary N) is 1. The second-order valence-corrected chi connectivity index (χ2v) is 3.82. The molecule has 0 aliphatic carbocycles. The molecule has 0 fully saturated rings. The second kappa shape index (κ2) is 6.88. The zero-order valence-electron chi connectivity index (χ0n) is 9.74. The smallest absolute Gasteiger partial charge is 0.150 e. The lowest BCUT2D eigenvalue weighted by molar-refractivity contribution is 0.112. The van der Waals surface area contributed by atoms with Crippen LogP contribution in [0.3, 0.4) is 0 Å². The number of rotatable bonds is 7. The Morgan fingerprint density at radius 3 is 2.75 bits per heavy atom. The number of hydrogen-bond acceptors (Lipinski definition) is 3. The number of aldehydes is 1. The molecule has 0 spiro atoms. The van der Waals surface area contributed by atoms with Crippen molar-refractivity contribution in [2.75, 3.05) is 12.3 Å².